The van der Waals surface area contributed by atoms with E-state index in [9.17, 15) is 4.79 Å². The summed E-state index contributed by atoms with van der Waals surface area (Å²) in [6.07, 6.45) is 1.64. The smallest absolute Gasteiger partial charge is 0.262 e. The maximum Gasteiger partial charge on any atom is 0.262 e. The molecule has 0 atom stereocenters. The second-order valence-electron chi connectivity index (χ2n) is 6.38. The summed E-state index contributed by atoms with van der Waals surface area (Å²) in [5, 5.41) is 1.39. The van der Waals surface area contributed by atoms with Crippen molar-refractivity contribution in [3.05, 3.63) is 57.0 Å². The molecule has 4 rings (SSSR count). The lowest BCUT2D eigenvalue weighted by molar-refractivity contribution is 0.415. The second kappa shape index (κ2) is 7.44. The molecule has 28 heavy (non-hydrogen) atoms. The number of nitrogens with zero attached hydrogens (tertiary/aromatic N) is 3. The van der Waals surface area contributed by atoms with E-state index in [0.29, 0.717) is 16.8 Å². The number of hydrogen-bond donors (Lipinski definition) is 0. The van der Waals surface area contributed by atoms with E-state index in [-0.39, 0.29) is 5.56 Å². The molecule has 0 radical (unpaired) electrons. The minimum Gasteiger partial charge on any atom is -0.497 e. The average Bonchev–Trinajstić information content (AvgIpc) is 3.28. The third-order valence-electron chi connectivity index (χ3n) is 4.61. The number of aryl methyl sites for hydroxylation is 2. The molecule has 0 amide bonds. The van der Waals surface area contributed by atoms with Crippen molar-refractivity contribution in [2.45, 2.75) is 24.8 Å². The van der Waals surface area contributed by atoms with E-state index in [4.69, 9.17) is 9.15 Å². The number of benzene rings is 1. The van der Waals surface area contributed by atoms with Crippen molar-refractivity contribution in [3.8, 4) is 17.2 Å². The van der Waals surface area contributed by atoms with Gasteiger partial charge < -0.3 is 9.15 Å². The van der Waals surface area contributed by atoms with E-state index in [2.05, 4.69) is 9.97 Å². The first kappa shape index (κ1) is 18.8. The number of hydrogen-bond acceptors (Lipinski definition) is 7. The van der Waals surface area contributed by atoms with Gasteiger partial charge in [0.1, 0.15) is 16.8 Å². The van der Waals surface area contributed by atoms with Crippen LogP contribution >= 0.6 is 23.1 Å². The molecule has 0 saturated heterocycles. The van der Waals surface area contributed by atoms with E-state index in [1.165, 1.54) is 11.8 Å². The zero-order valence-electron chi connectivity index (χ0n) is 16.0. The number of thiophene rings is 1. The molecule has 0 fully saturated rings. The van der Waals surface area contributed by atoms with Crippen molar-refractivity contribution < 1.29 is 9.15 Å². The van der Waals surface area contributed by atoms with Gasteiger partial charge in [0.15, 0.2) is 5.16 Å². The molecule has 3 heterocycles. The predicted octanol–water partition coefficient (Wildman–Crippen LogP) is 4.57. The van der Waals surface area contributed by atoms with Crippen LogP contribution in [0, 0.1) is 13.8 Å². The van der Waals surface area contributed by atoms with Crippen molar-refractivity contribution >= 4 is 33.3 Å². The van der Waals surface area contributed by atoms with Crippen molar-refractivity contribution in [1.82, 2.24) is 14.5 Å². The van der Waals surface area contributed by atoms with E-state index >= 15 is 0 Å². The molecule has 144 valence electrons. The first-order chi connectivity index (χ1) is 13.5. The summed E-state index contributed by atoms with van der Waals surface area (Å²) < 4.78 is 12.4. The van der Waals surface area contributed by atoms with Crippen molar-refractivity contribution in [2.75, 3.05) is 7.11 Å². The summed E-state index contributed by atoms with van der Waals surface area (Å²) in [5.41, 5.74) is 2.69. The number of methoxy groups -OCH3 is 1. The van der Waals surface area contributed by atoms with Crippen LogP contribution in [0.3, 0.4) is 0 Å². The van der Waals surface area contributed by atoms with Crippen molar-refractivity contribution in [2.24, 2.45) is 7.05 Å². The molecule has 0 aliphatic carbocycles. The number of fused-ring (bicyclic) bond motifs is 1. The molecule has 4 aromatic rings. The Hall–Kier alpha value is -2.58. The Kier molecular flexibility index (Phi) is 4.99. The van der Waals surface area contributed by atoms with Crippen LogP contribution in [-0.4, -0.2) is 21.6 Å². The Morgan fingerprint density at radius 3 is 2.68 bits per heavy atom. The Bertz CT molecular complexity index is 1210. The van der Waals surface area contributed by atoms with Gasteiger partial charge in [-0.25, -0.2) is 9.97 Å². The Morgan fingerprint density at radius 1 is 1.21 bits per heavy atom. The molecule has 3 aromatic heterocycles. The van der Waals surface area contributed by atoms with E-state index in [1.54, 1.807) is 36.3 Å². The summed E-state index contributed by atoms with van der Waals surface area (Å²) in [5.74, 6) is 1.90. The minimum atomic E-state index is -0.00609. The van der Waals surface area contributed by atoms with Gasteiger partial charge in [-0.1, -0.05) is 11.8 Å². The number of rotatable bonds is 5. The van der Waals surface area contributed by atoms with Gasteiger partial charge >= 0.3 is 0 Å². The van der Waals surface area contributed by atoms with Crippen LogP contribution in [-0.2, 0) is 12.8 Å². The van der Waals surface area contributed by atoms with Gasteiger partial charge in [0.25, 0.3) is 5.56 Å². The fraction of sp³-hybridized carbons (Fsp3) is 0.250. The summed E-state index contributed by atoms with van der Waals surface area (Å²) in [7, 11) is 3.39. The summed E-state index contributed by atoms with van der Waals surface area (Å²) in [4.78, 5) is 23.9. The van der Waals surface area contributed by atoms with Gasteiger partial charge in [-0.15, -0.1) is 11.3 Å². The van der Waals surface area contributed by atoms with E-state index in [0.717, 1.165) is 37.7 Å². The molecule has 0 aliphatic heterocycles. The van der Waals surface area contributed by atoms with Gasteiger partial charge in [-0.2, -0.15) is 0 Å². The highest BCUT2D eigenvalue weighted by molar-refractivity contribution is 7.98. The van der Waals surface area contributed by atoms with Crippen LogP contribution in [0.2, 0.25) is 0 Å². The van der Waals surface area contributed by atoms with E-state index in [1.807, 2.05) is 38.1 Å². The number of oxazole rings is 1. The third kappa shape index (κ3) is 3.33. The molecule has 0 spiro atoms. The van der Waals surface area contributed by atoms with Crippen LogP contribution in [0.1, 0.15) is 16.1 Å². The highest BCUT2D eigenvalue weighted by atomic mass is 32.2. The topological polar surface area (TPSA) is 70.2 Å². The first-order valence-corrected chi connectivity index (χ1v) is 10.5. The summed E-state index contributed by atoms with van der Waals surface area (Å²) >= 11 is 3.03. The molecule has 0 aliphatic rings. The molecule has 0 saturated carbocycles. The molecule has 0 N–H and O–H groups in total. The predicted molar refractivity (Wildman–Crippen MR) is 112 cm³/mol. The largest absolute Gasteiger partial charge is 0.497 e. The normalized spacial score (nSPS) is 11.3. The summed E-state index contributed by atoms with van der Waals surface area (Å²) in [6, 6.07) is 7.55. The summed E-state index contributed by atoms with van der Waals surface area (Å²) in [6.45, 7) is 3.99. The van der Waals surface area contributed by atoms with Crippen LogP contribution in [0.25, 0.3) is 21.7 Å². The molecule has 8 heteroatoms. The lowest BCUT2D eigenvalue weighted by Gasteiger charge is -2.06. The standard InChI is InChI=1S/C20H19N3O3S2/c1-11-12(2)28-18-16(11)19(24)23(3)20(22-18)27-10-14-9-26-17(21-14)13-5-7-15(25-4)8-6-13/h5-9H,10H2,1-4H3. The minimum absolute atomic E-state index is 0.00609. The highest BCUT2D eigenvalue weighted by Crippen LogP contribution is 2.29. The monoisotopic (exact) mass is 413 g/mol. The van der Waals surface area contributed by atoms with Gasteiger partial charge in [-0.3, -0.25) is 9.36 Å². The first-order valence-electron chi connectivity index (χ1n) is 8.66. The maximum atomic E-state index is 12.7. The van der Waals surface area contributed by atoms with Gasteiger partial charge in [0.2, 0.25) is 5.89 Å². The van der Waals surface area contributed by atoms with Crippen LogP contribution in [0.4, 0.5) is 0 Å². The Morgan fingerprint density at radius 2 is 1.96 bits per heavy atom. The Labute approximate surface area is 170 Å². The van der Waals surface area contributed by atoms with Gasteiger partial charge in [0.05, 0.1) is 18.2 Å². The molecular weight excluding hydrogens is 394 g/mol. The van der Waals surface area contributed by atoms with Crippen LogP contribution in [0.5, 0.6) is 5.75 Å². The van der Waals surface area contributed by atoms with Gasteiger partial charge in [-0.05, 0) is 43.7 Å². The third-order valence-corrected chi connectivity index (χ3v) is 6.77. The zero-order chi connectivity index (χ0) is 19.8. The maximum absolute atomic E-state index is 12.7. The number of ether oxygens (including phenoxy) is 1. The number of thioether (sulfide) groups is 1. The zero-order valence-corrected chi connectivity index (χ0v) is 17.6. The highest BCUT2D eigenvalue weighted by Gasteiger charge is 2.15. The average molecular weight is 414 g/mol. The molecule has 6 nitrogen and oxygen atoms in total. The van der Waals surface area contributed by atoms with Crippen LogP contribution in [0.15, 0.2) is 44.9 Å². The lowest BCUT2D eigenvalue weighted by atomic mass is 10.2. The molecule has 0 unspecified atom stereocenters. The molecular formula is C20H19N3O3S2. The van der Waals surface area contributed by atoms with Gasteiger partial charge in [0, 0.05) is 23.2 Å². The molecule has 0 bridgehead atoms. The fourth-order valence-electron chi connectivity index (χ4n) is 2.86. The Balaban J connectivity index is 1.56. The lowest BCUT2D eigenvalue weighted by Crippen LogP contribution is -2.19. The van der Waals surface area contributed by atoms with Crippen LogP contribution < -0.4 is 10.3 Å². The van der Waals surface area contributed by atoms with E-state index < -0.39 is 0 Å². The fourth-order valence-corrected chi connectivity index (χ4v) is 4.78. The van der Waals surface area contributed by atoms with Crippen molar-refractivity contribution in [3.63, 3.8) is 0 Å². The quantitative estimate of drug-likeness (QED) is 0.353. The number of aromatic nitrogens is 3. The SMILES string of the molecule is COc1ccc(-c2nc(CSc3nc4sc(C)c(C)c4c(=O)n3C)co2)cc1. The van der Waals surface area contributed by atoms with Crippen molar-refractivity contribution in [1.29, 1.82) is 0 Å². The second-order valence-corrected chi connectivity index (χ2v) is 8.53. The molecule has 1 aromatic carbocycles.